The van der Waals surface area contributed by atoms with E-state index >= 15 is 0 Å². The standard InChI is InChI=1S/C11H16N4O4/c1-17-8-5-10(19-3)9(18-2)4-7(8)6-13-14-11(12)15-16/h4-6,16H,1-3H3,(H3,12,14,15). The number of hydrogen-bond acceptors (Lipinski definition) is 6. The van der Waals surface area contributed by atoms with Crippen LogP contribution >= 0.6 is 0 Å². The molecule has 0 aromatic heterocycles. The van der Waals surface area contributed by atoms with Crippen LogP contribution in [0, 0.1) is 5.41 Å². The van der Waals surface area contributed by atoms with Crippen molar-refractivity contribution in [3.05, 3.63) is 17.7 Å². The summed E-state index contributed by atoms with van der Waals surface area (Å²) in [6.45, 7) is 0. The van der Waals surface area contributed by atoms with Gasteiger partial charge in [-0.1, -0.05) is 0 Å². The average Bonchev–Trinajstić information content (AvgIpc) is 2.46. The minimum absolute atomic E-state index is 0.351. The number of hydrogen-bond donors (Lipinski definition) is 4. The molecule has 0 unspecified atom stereocenters. The Balaban J connectivity index is 3.01. The number of hydroxylamine groups is 1. The summed E-state index contributed by atoms with van der Waals surface area (Å²) < 4.78 is 15.5. The Labute approximate surface area is 110 Å². The SMILES string of the molecule is COc1cc(OC)c(OC)cc1C=NNC(=N)NO. The normalized spacial score (nSPS) is 10.1. The quantitative estimate of drug-likeness (QED) is 0.353. The first-order chi connectivity index (χ1) is 9.15. The Morgan fingerprint density at radius 2 is 1.74 bits per heavy atom. The molecular formula is C11H16N4O4. The molecule has 0 heterocycles. The molecule has 8 nitrogen and oxygen atoms in total. The highest BCUT2D eigenvalue weighted by Gasteiger charge is 2.10. The molecule has 1 aromatic carbocycles. The monoisotopic (exact) mass is 268 g/mol. The Hall–Kier alpha value is -2.48. The van der Waals surface area contributed by atoms with Gasteiger partial charge in [-0.2, -0.15) is 5.10 Å². The van der Waals surface area contributed by atoms with E-state index in [1.54, 1.807) is 17.6 Å². The molecule has 0 saturated heterocycles. The summed E-state index contributed by atoms with van der Waals surface area (Å²) >= 11 is 0. The van der Waals surface area contributed by atoms with Gasteiger partial charge in [0.2, 0.25) is 5.96 Å². The van der Waals surface area contributed by atoms with E-state index in [9.17, 15) is 0 Å². The van der Waals surface area contributed by atoms with Crippen molar-refractivity contribution in [3.63, 3.8) is 0 Å². The first-order valence-corrected chi connectivity index (χ1v) is 5.24. The zero-order valence-electron chi connectivity index (χ0n) is 10.9. The summed E-state index contributed by atoms with van der Waals surface area (Å²) in [5.41, 5.74) is 4.49. The average molecular weight is 268 g/mol. The third-order valence-corrected chi connectivity index (χ3v) is 2.23. The van der Waals surface area contributed by atoms with E-state index in [0.717, 1.165) is 0 Å². The number of guanidine groups is 1. The molecule has 4 N–H and O–H groups in total. The third-order valence-electron chi connectivity index (χ3n) is 2.23. The van der Waals surface area contributed by atoms with Gasteiger partial charge in [-0.3, -0.25) is 10.6 Å². The number of ether oxygens (including phenoxy) is 3. The fourth-order valence-electron chi connectivity index (χ4n) is 1.35. The number of nitrogens with one attached hydrogen (secondary N) is 3. The Morgan fingerprint density at radius 1 is 1.16 bits per heavy atom. The summed E-state index contributed by atoms with van der Waals surface area (Å²) in [6, 6.07) is 3.34. The molecule has 0 fully saturated rings. The Kier molecular flexibility index (Phi) is 5.42. The maximum Gasteiger partial charge on any atom is 0.233 e. The van der Waals surface area contributed by atoms with Crippen molar-refractivity contribution in [2.45, 2.75) is 0 Å². The molecule has 0 saturated carbocycles. The van der Waals surface area contributed by atoms with Crippen LogP contribution in [-0.2, 0) is 0 Å². The van der Waals surface area contributed by atoms with Crippen LogP contribution in [0.4, 0.5) is 0 Å². The van der Waals surface area contributed by atoms with E-state index < -0.39 is 0 Å². The minimum Gasteiger partial charge on any atom is -0.496 e. The molecule has 0 amide bonds. The van der Waals surface area contributed by atoms with Crippen molar-refractivity contribution in [1.29, 1.82) is 5.41 Å². The summed E-state index contributed by atoms with van der Waals surface area (Å²) in [6.07, 6.45) is 1.42. The topological polar surface area (TPSA) is 108 Å². The molecule has 104 valence electrons. The molecule has 0 radical (unpaired) electrons. The van der Waals surface area contributed by atoms with Crippen LogP contribution in [0.5, 0.6) is 17.2 Å². The highest BCUT2D eigenvalue weighted by molar-refractivity contribution is 5.86. The van der Waals surface area contributed by atoms with E-state index in [1.807, 2.05) is 0 Å². The maximum absolute atomic E-state index is 8.41. The number of hydrazone groups is 1. The molecule has 1 rings (SSSR count). The number of rotatable bonds is 5. The van der Waals surface area contributed by atoms with Crippen LogP contribution in [-0.4, -0.2) is 38.7 Å². The van der Waals surface area contributed by atoms with Crippen LogP contribution in [0.3, 0.4) is 0 Å². The number of methoxy groups -OCH3 is 3. The Bertz CT molecular complexity index is 476. The van der Waals surface area contributed by atoms with Gasteiger partial charge < -0.3 is 14.2 Å². The number of nitrogens with zero attached hydrogens (tertiary/aromatic N) is 1. The second kappa shape index (κ2) is 7.07. The second-order valence-corrected chi connectivity index (χ2v) is 3.31. The molecule has 0 spiro atoms. The van der Waals surface area contributed by atoms with E-state index in [2.05, 4.69) is 10.5 Å². The molecule has 0 aliphatic heterocycles. The van der Waals surface area contributed by atoms with Gasteiger partial charge >= 0.3 is 0 Å². The third kappa shape index (κ3) is 3.75. The lowest BCUT2D eigenvalue weighted by molar-refractivity contribution is 0.228. The van der Waals surface area contributed by atoms with Crippen LogP contribution in [0.1, 0.15) is 5.56 Å². The fourth-order valence-corrected chi connectivity index (χ4v) is 1.35. The van der Waals surface area contributed by atoms with E-state index in [-0.39, 0.29) is 5.96 Å². The van der Waals surface area contributed by atoms with Gasteiger partial charge in [0.1, 0.15) is 5.75 Å². The van der Waals surface area contributed by atoms with Gasteiger partial charge in [0.25, 0.3) is 0 Å². The van der Waals surface area contributed by atoms with Crippen molar-refractivity contribution < 1.29 is 19.4 Å². The highest BCUT2D eigenvalue weighted by Crippen LogP contribution is 2.33. The molecule has 0 bridgehead atoms. The molecule has 0 aliphatic rings. The molecule has 8 heteroatoms. The van der Waals surface area contributed by atoms with Gasteiger partial charge in [0.15, 0.2) is 11.5 Å². The van der Waals surface area contributed by atoms with Gasteiger partial charge in [-0.15, -0.1) is 0 Å². The van der Waals surface area contributed by atoms with Crippen LogP contribution < -0.4 is 25.1 Å². The van der Waals surface area contributed by atoms with Crippen molar-refractivity contribution in [2.24, 2.45) is 5.10 Å². The predicted molar refractivity (Wildman–Crippen MR) is 69.5 cm³/mol. The van der Waals surface area contributed by atoms with Crippen molar-refractivity contribution >= 4 is 12.2 Å². The van der Waals surface area contributed by atoms with Crippen LogP contribution in [0.15, 0.2) is 17.2 Å². The van der Waals surface area contributed by atoms with Gasteiger partial charge in [-0.05, 0) is 6.07 Å². The highest BCUT2D eigenvalue weighted by atomic mass is 16.5. The van der Waals surface area contributed by atoms with Crippen LogP contribution in [0.2, 0.25) is 0 Å². The lowest BCUT2D eigenvalue weighted by Gasteiger charge is -2.11. The predicted octanol–water partition coefficient (Wildman–Crippen LogP) is 0.549. The first kappa shape index (κ1) is 14.6. The van der Waals surface area contributed by atoms with Gasteiger partial charge in [0.05, 0.1) is 27.5 Å². The van der Waals surface area contributed by atoms with E-state index in [1.165, 1.54) is 27.5 Å². The molecular weight excluding hydrogens is 252 g/mol. The van der Waals surface area contributed by atoms with E-state index in [0.29, 0.717) is 22.8 Å². The largest absolute Gasteiger partial charge is 0.496 e. The van der Waals surface area contributed by atoms with E-state index in [4.69, 9.17) is 24.8 Å². The lowest BCUT2D eigenvalue weighted by atomic mass is 10.2. The Morgan fingerprint density at radius 3 is 2.26 bits per heavy atom. The van der Waals surface area contributed by atoms with Crippen molar-refractivity contribution in [3.8, 4) is 17.2 Å². The van der Waals surface area contributed by atoms with Gasteiger partial charge in [-0.25, -0.2) is 10.9 Å². The summed E-state index contributed by atoms with van der Waals surface area (Å²) in [5.74, 6) is 1.25. The summed E-state index contributed by atoms with van der Waals surface area (Å²) in [7, 11) is 4.57. The summed E-state index contributed by atoms with van der Waals surface area (Å²) in [5, 5.41) is 19.2. The van der Waals surface area contributed by atoms with Crippen molar-refractivity contribution in [2.75, 3.05) is 21.3 Å². The number of benzene rings is 1. The smallest absolute Gasteiger partial charge is 0.233 e. The molecule has 19 heavy (non-hydrogen) atoms. The van der Waals surface area contributed by atoms with Gasteiger partial charge in [0, 0.05) is 11.6 Å². The molecule has 0 aliphatic carbocycles. The van der Waals surface area contributed by atoms with Crippen LogP contribution in [0.25, 0.3) is 0 Å². The lowest BCUT2D eigenvalue weighted by Crippen LogP contribution is -2.30. The molecule has 0 atom stereocenters. The fraction of sp³-hybridized carbons (Fsp3) is 0.273. The van der Waals surface area contributed by atoms with Crippen molar-refractivity contribution in [1.82, 2.24) is 10.9 Å². The zero-order chi connectivity index (χ0) is 14.3. The molecule has 1 aromatic rings. The first-order valence-electron chi connectivity index (χ1n) is 5.24. The zero-order valence-corrected chi connectivity index (χ0v) is 10.9. The summed E-state index contributed by atoms with van der Waals surface area (Å²) in [4.78, 5) is 0. The maximum atomic E-state index is 8.41. The second-order valence-electron chi connectivity index (χ2n) is 3.31. The minimum atomic E-state index is -0.351.